The Morgan fingerprint density at radius 2 is 1.88 bits per heavy atom. The number of carbonyl (C=O) groups excluding carboxylic acids is 1. The van der Waals surface area contributed by atoms with Crippen molar-refractivity contribution in [2.75, 3.05) is 13.7 Å². The fraction of sp³-hybridized carbons (Fsp3) is 0.632. The van der Waals surface area contributed by atoms with E-state index in [0.29, 0.717) is 0 Å². The third-order valence-electron chi connectivity index (χ3n) is 6.20. The largest absolute Gasteiger partial charge is 0.468 e. The summed E-state index contributed by atoms with van der Waals surface area (Å²) in [5.41, 5.74) is 5.60. The zero-order valence-electron chi connectivity index (χ0n) is 15.5. The topological polar surface area (TPSA) is 98.5 Å². The van der Waals surface area contributed by atoms with E-state index in [2.05, 4.69) is 11.6 Å². The minimum atomic E-state index is -3.68. The Balaban J connectivity index is 1.83. The van der Waals surface area contributed by atoms with Gasteiger partial charge in [0.05, 0.1) is 17.4 Å². The van der Waals surface area contributed by atoms with Crippen LogP contribution in [0.3, 0.4) is 0 Å². The molecular weight excluding hydrogens is 352 g/mol. The standard InChI is InChI=1S/C19H28N2O4S/c1-14-5-3-4-10-19(14,13-20)21-26(23,24)16-8-6-15(7-9-16)18(11-12-18)17(22)25-2/h6-9,14,21H,3-5,10-13,20H2,1-2H3. The second-order valence-corrected chi connectivity index (χ2v) is 9.39. The lowest BCUT2D eigenvalue weighted by Gasteiger charge is -2.42. The van der Waals surface area contributed by atoms with E-state index in [4.69, 9.17) is 10.5 Å². The molecule has 0 aliphatic heterocycles. The summed E-state index contributed by atoms with van der Waals surface area (Å²) < 4.78 is 33.6. The van der Waals surface area contributed by atoms with Gasteiger partial charge in [-0.15, -0.1) is 0 Å². The van der Waals surface area contributed by atoms with Gasteiger partial charge in [0.15, 0.2) is 0 Å². The monoisotopic (exact) mass is 380 g/mol. The summed E-state index contributed by atoms with van der Waals surface area (Å²) in [6.45, 7) is 2.35. The van der Waals surface area contributed by atoms with Crippen LogP contribution in [0.4, 0.5) is 0 Å². The van der Waals surface area contributed by atoms with Crippen LogP contribution < -0.4 is 10.5 Å². The number of esters is 1. The highest BCUT2D eigenvalue weighted by molar-refractivity contribution is 7.89. The molecule has 0 radical (unpaired) electrons. The summed E-state index contributed by atoms with van der Waals surface area (Å²) >= 11 is 0. The molecule has 7 heteroatoms. The molecular formula is C19H28N2O4S. The van der Waals surface area contributed by atoms with Gasteiger partial charge < -0.3 is 10.5 Å². The minimum absolute atomic E-state index is 0.198. The highest BCUT2D eigenvalue weighted by atomic mass is 32.2. The molecule has 2 atom stereocenters. The lowest BCUT2D eigenvalue weighted by Crippen LogP contribution is -2.58. The van der Waals surface area contributed by atoms with E-state index >= 15 is 0 Å². The lowest BCUT2D eigenvalue weighted by atomic mass is 9.74. The molecule has 1 aromatic rings. The molecule has 6 nitrogen and oxygen atoms in total. The molecule has 144 valence electrons. The molecule has 2 fully saturated rings. The molecule has 3 rings (SSSR count). The number of rotatable bonds is 6. The first-order chi connectivity index (χ1) is 12.3. The average Bonchev–Trinajstić information content (AvgIpc) is 3.45. The quantitative estimate of drug-likeness (QED) is 0.736. The maximum Gasteiger partial charge on any atom is 0.316 e. The molecule has 0 amide bonds. The molecule has 0 saturated heterocycles. The summed E-state index contributed by atoms with van der Waals surface area (Å²) in [4.78, 5) is 12.2. The summed E-state index contributed by atoms with van der Waals surface area (Å²) in [5.74, 6) is -0.0614. The Kier molecular flexibility index (Phi) is 5.16. The van der Waals surface area contributed by atoms with Crippen molar-refractivity contribution in [1.29, 1.82) is 0 Å². The number of hydrogen-bond acceptors (Lipinski definition) is 5. The highest BCUT2D eigenvalue weighted by Gasteiger charge is 2.52. The van der Waals surface area contributed by atoms with E-state index in [1.54, 1.807) is 24.3 Å². The third kappa shape index (κ3) is 3.28. The zero-order valence-corrected chi connectivity index (χ0v) is 16.3. The summed E-state index contributed by atoms with van der Waals surface area (Å²) in [6, 6.07) is 6.58. The van der Waals surface area contributed by atoms with Gasteiger partial charge in [-0.2, -0.15) is 0 Å². The average molecular weight is 381 g/mol. The summed E-state index contributed by atoms with van der Waals surface area (Å²) in [5, 5.41) is 0. The lowest BCUT2D eigenvalue weighted by molar-refractivity contribution is -0.143. The van der Waals surface area contributed by atoms with Crippen molar-refractivity contribution in [1.82, 2.24) is 4.72 Å². The first kappa shape index (κ1) is 19.3. The van der Waals surface area contributed by atoms with Crippen LogP contribution in [0, 0.1) is 5.92 Å². The van der Waals surface area contributed by atoms with Gasteiger partial charge in [0.25, 0.3) is 0 Å². The second kappa shape index (κ2) is 6.94. The molecule has 2 saturated carbocycles. The molecule has 0 bridgehead atoms. The SMILES string of the molecule is COC(=O)C1(c2ccc(S(=O)(=O)NC3(CN)CCCCC3C)cc2)CC1. The number of ether oxygens (including phenoxy) is 1. The molecule has 0 spiro atoms. The van der Waals surface area contributed by atoms with Gasteiger partial charge in [-0.25, -0.2) is 13.1 Å². The van der Waals surface area contributed by atoms with E-state index in [9.17, 15) is 13.2 Å². The predicted molar refractivity (Wildman–Crippen MR) is 99.1 cm³/mol. The third-order valence-corrected chi connectivity index (χ3v) is 7.77. The number of nitrogens with two attached hydrogens (primary N) is 1. The van der Waals surface area contributed by atoms with Crippen molar-refractivity contribution < 1.29 is 17.9 Å². The van der Waals surface area contributed by atoms with Gasteiger partial charge >= 0.3 is 5.97 Å². The van der Waals surface area contributed by atoms with Crippen LogP contribution in [0.5, 0.6) is 0 Å². The minimum Gasteiger partial charge on any atom is -0.468 e. The molecule has 3 N–H and O–H groups in total. The van der Waals surface area contributed by atoms with E-state index in [-0.39, 0.29) is 23.3 Å². The normalized spacial score (nSPS) is 27.7. The van der Waals surface area contributed by atoms with Gasteiger partial charge in [0.1, 0.15) is 0 Å². The van der Waals surface area contributed by atoms with Crippen LogP contribution in [0.15, 0.2) is 29.2 Å². The van der Waals surface area contributed by atoms with Crippen LogP contribution in [0.1, 0.15) is 51.0 Å². The Labute approximate surface area is 155 Å². The predicted octanol–water partition coefficient (Wildman–Crippen LogP) is 2.08. The van der Waals surface area contributed by atoms with Crippen molar-refractivity contribution in [3.8, 4) is 0 Å². The molecule has 2 aliphatic carbocycles. The van der Waals surface area contributed by atoms with Crippen molar-refractivity contribution in [2.45, 2.75) is 61.3 Å². The maximum atomic E-state index is 12.9. The van der Waals surface area contributed by atoms with Gasteiger partial charge in [-0.1, -0.05) is 31.9 Å². The van der Waals surface area contributed by atoms with Gasteiger partial charge in [-0.05, 0) is 49.3 Å². The number of benzene rings is 1. The van der Waals surface area contributed by atoms with Crippen LogP contribution in [0.2, 0.25) is 0 Å². The van der Waals surface area contributed by atoms with Gasteiger partial charge in [-0.3, -0.25) is 4.79 Å². The summed E-state index contributed by atoms with van der Waals surface area (Å²) in [7, 11) is -2.30. The fourth-order valence-corrected chi connectivity index (χ4v) is 5.65. The van der Waals surface area contributed by atoms with Crippen molar-refractivity contribution in [2.24, 2.45) is 11.7 Å². The van der Waals surface area contributed by atoms with E-state index in [1.807, 2.05) is 0 Å². The van der Waals surface area contributed by atoms with Crippen molar-refractivity contribution >= 4 is 16.0 Å². The Morgan fingerprint density at radius 1 is 1.23 bits per heavy atom. The van der Waals surface area contributed by atoms with Gasteiger partial charge in [0.2, 0.25) is 10.0 Å². The van der Waals surface area contributed by atoms with Crippen LogP contribution >= 0.6 is 0 Å². The maximum absolute atomic E-state index is 12.9. The van der Waals surface area contributed by atoms with Crippen molar-refractivity contribution in [3.63, 3.8) is 0 Å². The first-order valence-electron chi connectivity index (χ1n) is 9.23. The Bertz CT molecular complexity index is 771. The Hall–Kier alpha value is -1.44. The van der Waals surface area contributed by atoms with E-state index in [0.717, 1.165) is 44.1 Å². The molecule has 2 aliphatic rings. The second-order valence-electron chi connectivity index (χ2n) is 7.71. The van der Waals surface area contributed by atoms with E-state index in [1.165, 1.54) is 7.11 Å². The number of methoxy groups -OCH3 is 1. The van der Waals surface area contributed by atoms with Crippen molar-refractivity contribution in [3.05, 3.63) is 29.8 Å². The number of nitrogens with one attached hydrogen (secondary N) is 1. The Morgan fingerprint density at radius 3 is 2.38 bits per heavy atom. The highest BCUT2D eigenvalue weighted by Crippen LogP contribution is 2.49. The number of sulfonamides is 1. The summed E-state index contributed by atoms with van der Waals surface area (Å²) in [6.07, 6.45) is 5.28. The van der Waals surface area contributed by atoms with Crippen LogP contribution in [-0.4, -0.2) is 33.6 Å². The molecule has 1 aromatic carbocycles. The zero-order chi connectivity index (χ0) is 19.0. The van der Waals surface area contributed by atoms with Crippen LogP contribution in [-0.2, 0) is 25.0 Å². The first-order valence-corrected chi connectivity index (χ1v) is 10.7. The fourth-order valence-electron chi connectivity index (χ4n) is 4.12. The molecule has 26 heavy (non-hydrogen) atoms. The molecule has 0 aromatic heterocycles. The number of hydrogen-bond donors (Lipinski definition) is 2. The van der Waals surface area contributed by atoms with E-state index < -0.39 is 21.0 Å². The van der Waals surface area contributed by atoms with Crippen LogP contribution in [0.25, 0.3) is 0 Å². The molecule has 0 heterocycles. The van der Waals surface area contributed by atoms with Gasteiger partial charge in [0, 0.05) is 12.1 Å². The number of carbonyl (C=O) groups is 1. The molecule has 2 unspecified atom stereocenters. The smallest absolute Gasteiger partial charge is 0.316 e.